The van der Waals surface area contributed by atoms with Crippen LogP contribution in [-0.4, -0.2) is 29.5 Å². The molecule has 2 N–H and O–H groups in total. The van der Waals surface area contributed by atoms with Crippen molar-refractivity contribution in [2.45, 2.75) is 32.8 Å². The van der Waals surface area contributed by atoms with E-state index in [-0.39, 0.29) is 0 Å². The Bertz CT molecular complexity index is 773. The van der Waals surface area contributed by atoms with Crippen LogP contribution < -0.4 is 5.32 Å². The number of H-pyrrole nitrogens is 1. The number of hydrogen-bond donors (Lipinski definition) is 2. The molecule has 1 aromatic carbocycles. The first kappa shape index (κ1) is 16.6. The van der Waals surface area contributed by atoms with Crippen molar-refractivity contribution in [2.24, 2.45) is 0 Å². The number of alkyl carbamates (subject to hydrolysis) is 1. The van der Waals surface area contributed by atoms with Gasteiger partial charge in [0.25, 0.3) is 0 Å². The Kier molecular flexibility index (Phi) is 5.07. The average Bonchev–Trinajstić information content (AvgIpc) is 2.87. The minimum atomic E-state index is -0.502. The first-order valence-corrected chi connectivity index (χ1v) is 7.41. The van der Waals surface area contributed by atoms with Crippen LogP contribution in [0.4, 0.5) is 4.79 Å². The molecule has 1 amide bonds. The van der Waals surface area contributed by atoms with Gasteiger partial charge in [0.15, 0.2) is 6.29 Å². The van der Waals surface area contributed by atoms with Gasteiger partial charge in [0.1, 0.15) is 5.60 Å². The largest absolute Gasteiger partial charge is 0.444 e. The van der Waals surface area contributed by atoms with E-state index in [4.69, 9.17) is 4.74 Å². The Labute approximate surface area is 135 Å². The van der Waals surface area contributed by atoms with Gasteiger partial charge in [-0.2, -0.15) is 0 Å². The maximum Gasteiger partial charge on any atom is 0.407 e. The lowest BCUT2D eigenvalue weighted by atomic mass is 10.1. The molecule has 0 spiro atoms. The van der Waals surface area contributed by atoms with Crippen LogP contribution in [0.1, 0.15) is 43.1 Å². The highest BCUT2D eigenvalue weighted by atomic mass is 16.6. The van der Waals surface area contributed by atoms with Gasteiger partial charge in [-0.15, -0.1) is 0 Å². The smallest absolute Gasteiger partial charge is 0.407 e. The molecule has 120 valence electrons. The standard InChI is InChI=1S/C18H20N2O3/c1-18(2,3)23-17(22)19-9-5-4-6-13-7-8-16-15(10-13)14(12-21)11-20-16/h7-8,10-12,20H,5,9H2,1-3H3,(H,19,22). The monoisotopic (exact) mass is 312 g/mol. The maximum atomic E-state index is 11.5. The van der Waals surface area contributed by atoms with Gasteiger partial charge < -0.3 is 15.0 Å². The molecule has 0 fully saturated rings. The Balaban J connectivity index is 1.90. The molecule has 5 heteroatoms. The highest BCUT2D eigenvalue weighted by Gasteiger charge is 2.15. The van der Waals surface area contributed by atoms with Crippen molar-refractivity contribution in [2.75, 3.05) is 6.54 Å². The van der Waals surface area contributed by atoms with Gasteiger partial charge >= 0.3 is 6.09 Å². The van der Waals surface area contributed by atoms with E-state index in [2.05, 4.69) is 22.1 Å². The van der Waals surface area contributed by atoms with Crippen LogP contribution >= 0.6 is 0 Å². The zero-order valence-electron chi connectivity index (χ0n) is 13.5. The summed E-state index contributed by atoms with van der Waals surface area (Å²) in [4.78, 5) is 25.4. The molecule has 0 bridgehead atoms. The second kappa shape index (κ2) is 7.01. The number of ether oxygens (including phenoxy) is 1. The quantitative estimate of drug-likeness (QED) is 0.519. The Hall–Kier alpha value is -2.74. The third-order valence-electron chi connectivity index (χ3n) is 2.99. The number of rotatable bonds is 3. The average molecular weight is 312 g/mol. The second-order valence-electron chi connectivity index (χ2n) is 6.10. The fourth-order valence-corrected chi connectivity index (χ4v) is 2.02. The lowest BCUT2D eigenvalue weighted by molar-refractivity contribution is 0.0529. The van der Waals surface area contributed by atoms with Crippen LogP contribution in [-0.2, 0) is 4.74 Å². The Morgan fingerprint density at radius 1 is 1.39 bits per heavy atom. The zero-order valence-corrected chi connectivity index (χ0v) is 13.5. The second-order valence-corrected chi connectivity index (χ2v) is 6.10. The lowest BCUT2D eigenvalue weighted by Gasteiger charge is -2.19. The van der Waals surface area contributed by atoms with Crippen molar-refractivity contribution in [3.63, 3.8) is 0 Å². The van der Waals surface area contributed by atoms with E-state index in [1.807, 2.05) is 39.0 Å². The summed E-state index contributed by atoms with van der Waals surface area (Å²) in [6.45, 7) is 5.87. The summed E-state index contributed by atoms with van der Waals surface area (Å²) in [6, 6.07) is 5.66. The first-order chi connectivity index (χ1) is 10.9. The maximum absolute atomic E-state index is 11.5. The predicted octanol–water partition coefficient (Wildman–Crippen LogP) is 3.25. The SMILES string of the molecule is CC(C)(C)OC(=O)NCCC#Cc1ccc2[nH]cc(C=O)c2c1. The van der Waals surface area contributed by atoms with Crippen molar-refractivity contribution in [3.8, 4) is 11.8 Å². The van der Waals surface area contributed by atoms with Gasteiger partial charge in [0.2, 0.25) is 0 Å². The van der Waals surface area contributed by atoms with Crippen LogP contribution in [0.25, 0.3) is 10.9 Å². The summed E-state index contributed by atoms with van der Waals surface area (Å²) in [7, 11) is 0. The number of nitrogens with one attached hydrogen (secondary N) is 2. The number of aromatic nitrogens is 1. The minimum absolute atomic E-state index is 0.425. The molecule has 2 aromatic rings. The highest BCUT2D eigenvalue weighted by molar-refractivity contribution is 5.97. The molecule has 0 saturated carbocycles. The van der Waals surface area contributed by atoms with Crippen molar-refractivity contribution in [3.05, 3.63) is 35.5 Å². The van der Waals surface area contributed by atoms with Crippen molar-refractivity contribution in [1.82, 2.24) is 10.3 Å². The molecule has 0 atom stereocenters. The van der Waals surface area contributed by atoms with Gasteiger partial charge in [-0.25, -0.2) is 4.79 Å². The molecule has 0 saturated heterocycles. The van der Waals surface area contributed by atoms with Crippen LogP contribution in [0.3, 0.4) is 0 Å². The fraction of sp³-hybridized carbons (Fsp3) is 0.333. The minimum Gasteiger partial charge on any atom is -0.444 e. The molecule has 5 nitrogen and oxygen atoms in total. The van der Waals surface area contributed by atoms with Gasteiger partial charge in [0.05, 0.1) is 0 Å². The van der Waals surface area contributed by atoms with Gasteiger partial charge in [-0.3, -0.25) is 4.79 Å². The predicted molar refractivity (Wildman–Crippen MR) is 89.4 cm³/mol. The molecule has 23 heavy (non-hydrogen) atoms. The van der Waals surface area contributed by atoms with Gasteiger partial charge in [-0.1, -0.05) is 11.8 Å². The summed E-state index contributed by atoms with van der Waals surface area (Å²) in [6.07, 6.45) is 2.58. The molecule has 0 aliphatic carbocycles. The van der Waals surface area contributed by atoms with Crippen molar-refractivity contribution >= 4 is 23.3 Å². The number of fused-ring (bicyclic) bond motifs is 1. The molecule has 0 radical (unpaired) electrons. The number of hydrogen-bond acceptors (Lipinski definition) is 3. The summed E-state index contributed by atoms with van der Waals surface area (Å²) in [5.41, 5.74) is 1.86. The number of aromatic amines is 1. The van der Waals surface area contributed by atoms with E-state index in [1.165, 1.54) is 0 Å². The van der Waals surface area contributed by atoms with E-state index in [0.29, 0.717) is 18.5 Å². The van der Waals surface area contributed by atoms with Crippen LogP contribution in [0, 0.1) is 11.8 Å². The van der Waals surface area contributed by atoms with Gasteiger partial charge in [0, 0.05) is 41.2 Å². The molecule has 1 aromatic heterocycles. The third-order valence-corrected chi connectivity index (χ3v) is 2.99. The summed E-state index contributed by atoms with van der Waals surface area (Å²) in [5, 5.41) is 3.51. The highest BCUT2D eigenvalue weighted by Crippen LogP contribution is 2.18. The number of aldehydes is 1. The molecule has 0 unspecified atom stereocenters. The molecule has 1 heterocycles. The Morgan fingerprint density at radius 3 is 2.87 bits per heavy atom. The normalized spacial score (nSPS) is 10.7. The number of carbonyl (C=O) groups excluding carboxylic acids is 2. The number of benzene rings is 1. The van der Waals surface area contributed by atoms with E-state index < -0.39 is 11.7 Å². The molecule has 0 aliphatic heterocycles. The number of amides is 1. The van der Waals surface area contributed by atoms with Gasteiger partial charge in [-0.05, 0) is 39.0 Å². The third kappa shape index (κ3) is 4.89. The van der Waals surface area contributed by atoms with E-state index in [9.17, 15) is 9.59 Å². The van der Waals surface area contributed by atoms with Crippen LogP contribution in [0.5, 0.6) is 0 Å². The van der Waals surface area contributed by atoms with Crippen LogP contribution in [0.15, 0.2) is 24.4 Å². The molecular formula is C18H20N2O3. The van der Waals surface area contributed by atoms with Crippen molar-refractivity contribution < 1.29 is 14.3 Å². The summed E-state index contributed by atoms with van der Waals surface area (Å²) < 4.78 is 5.13. The molecular weight excluding hydrogens is 292 g/mol. The lowest BCUT2D eigenvalue weighted by Crippen LogP contribution is -2.32. The fourth-order valence-electron chi connectivity index (χ4n) is 2.02. The summed E-state index contributed by atoms with van der Waals surface area (Å²) in [5.74, 6) is 6.02. The van der Waals surface area contributed by atoms with E-state index in [1.54, 1.807) is 6.20 Å². The Morgan fingerprint density at radius 2 is 2.17 bits per heavy atom. The molecule has 0 aliphatic rings. The zero-order chi connectivity index (χ0) is 16.9. The summed E-state index contributed by atoms with van der Waals surface area (Å²) >= 11 is 0. The van der Waals surface area contributed by atoms with E-state index in [0.717, 1.165) is 22.8 Å². The van der Waals surface area contributed by atoms with Crippen LogP contribution in [0.2, 0.25) is 0 Å². The molecule has 2 rings (SSSR count). The first-order valence-electron chi connectivity index (χ1n) is 7.41. The number of carbonyl (C=O) groups is 2. The van der Waals surface area contributed by atoms with Crippen molar-refractivity contribution in [1.29, 1.82) is 0 Å². The van der Waals surface area contributed by atoms with E-state index >= 15 is 0 Å². The topological polar surface area (TPSA) is 71.2 Å².